The van der Waals surface area contributed by atoms with Crippen LogP contribution in [0, 0.1) is 11.8 Å². The summed E-state index contributed by atoms with van der Waals surface area (Å²) in [6.45, 7) is 4.15. The Labute approximate surface area is 152 Å². The molecule has 2 atom stereocenters. The summed E-state index contributed by atoms with van der Waals surface area (Å²) in [5.74, 6) is 1.70. The molecule has 2 unspecified atom stereocenters. The van der Waals surface area contributed by atoms with Crippen molar-refractivity contribution in [1.82, 2.24) is 4.57 Å². The molecular formula is C21H36N2O2. The summed E-state index contributed by atoms with van der Waals surface area (Å²) >= 11 is 0. The number of nitrogens with two attached hydrogens (primary N) is 1. The van der Waals surface area contributed by atoms with Crippen LogP contribution >= 0.6 is 0 Å². The van der Waals surface area contributed by atoms with Crippen molar-refractivity contribution < 1.29 is 9.90 Å². The highest BCUT2D eigenvalue weighted by atomic mass is 16.3. The zero-order chi connectivity index (χ0) is 18.4. The number of aryl methyl sites for hydroxylation is 1. The number of rotatable bonds is 9. The van der Waals surface area contributed by atoms with Gasteiger partial charge in [0.25, 0.3) is 0 Å². The van der Waals surface area contributed by atoms with Gasteiger partial charge in [0, 0.05) is 24.7 Å². The van der Waals surface area contributed by atoms with Crippen LogP contribution in [0.4, 0.5) is 0 Å². The normalized spacial score (nSPS) is 19.6. The van der Waals surface area contributed by atoms with Gasteiger partial charge in [0.05, 0.1) is 12.3 Å². The van der Waals surface area contributed by atoms with Crippen molar-refractivity contribution in [2.24, 2.45) is 24.6 Å². The molecule has 4 heteroatoms. The van der Waals surface area contributed by atoms with E-state index in [4.69, 9.17) is 5.73 Å². The van der Waals surface area contributed by atoms with Crippen LogP contribution in [0.2, 0.25) is 0 Å². The highest BCUT2D eigenvalue weighted by molar-refractivity contribution is 5.94. The second-order valence-corrected chi connectivity index (χ2v) is 8.42. The molecule has 1 fully saturated rings. The molecule has 3 N–H and O–H groups in total. The fourth-order valence-corrected chi connectivity index (χ4v) is 4.00. The van der Waals surface area contributed by atoms with Gasteiger partial charge in [-0.2, -0.15) is 0 Å². The van der Waals surface area contributed by atoms with Gasteiger partial charge < -0.3 is 15.4 Å². The number of aliphatic hydroxyl groups excluding tert-OH is 1. The van der Waals surface area contributed by atoms with Crippen molar-refractivity contribution in [2.75, 3.05) is 6.61 Å². The van der Waals surface area contributed by atoms with Crippen LogP contribution in [0.1, 0.15) is 81.4 Å². The summed E-state index contributed by atoms with van der Waals surface area (Å²) in [5, 5.41) is 9.28. The maximum absolute atomic E-state index is 12.6. The molecule has 4 nitrogen and oxygen atoms in total. The Morgan fingerprint density at radius 3 is 2.68 bits per heavy atom. The molecule has 0 saturated heterocycles. The van der Waals surface area contributed by atoms with E-state index >= 15 is 0 Å². The number of hydrogen-bond acceptors (Lipinski definition) is 3. The average Bonchev–Trinajstić information content (AvgIpc) is 2.99. The first kappa shape index (κ1) is 20.2. The van der Waals surface area contributed by atoms with E-state index < -0.39 is 5.54 Å². The smallest absolute Gasteiger partial charge is 0.179 e. The number of ketones is 1. The maximum Gasteiger partial charge on any atom is 0.179 e. The molecule has 2 rings (SSSR count). The Kier molecular flexibility index (Phi) is 7.26. The quantitative estimate of drug-likeness (QED) is 0.666. The van der Waals surface area contributed by atoms with Crippen LogP contribution in [0.3, 0.4) is 0 Å². The Morgan fingerprint density at radius 2 is 2.04 bits per heavy atom. The molecule has 1 saturated carbocycles. The summed E-state index contributed by atoms with van der Waals surface area (Å²) in [4.78, 5) is 12.6. The zero-order valence-corrected chi connectivity index (χ0v) is 16.3. The highest BCUT2D eigenvalue weighted by Crippen LogP contribution is 2.32. The third-order valence-corrected chi connectivity index (χ3v) is 6.11. The molecule has 1 aromatic heterocycles. The van der Waals surface area contributed by atoms with Gasteiger partial charge in [0.15, 0.2) is 5.78 Å². The molecule has 0 bridgehead atoms. The molecule has 0 amide bonds. The molecule has 0 radical (unpaired) electrons. The van der Waals surface area contributed by atoms with E-state index in [0.717, 1.165) is 30.1 Å². The summed E-state index contributed by atoms with van der Waals surface area (Å²) in [5.41, 5.74) is 7.35. The Hall–Kier alpha value is -1.13. The van der Waals surface area contributed by atoms with E-state index in [0.29, 0.717) is 18.8 Å². The van der Waals surface area contributed by atoms with Crippen LogP contribution in [0.25, 0.3) is 0 Å². The van der Waals surface area contributed by atoms with Crippen LogP contribution < -0.4 is 5.73 Å². The Morgan fingerprint density at radius 1 is 1.36 bits per heavy atom. The minimum Gasteiger partial charge on any atom is -0.394 e. The number of carbonyl (C=O) groups is 1. The standard InChI is InChI=1S/C21H36N2O2/c1-16(17-7-5-4-6-8-17)9-12-20(25)19-11-10-18(23(19)3)13-14-21(2,22)15-24/h10-11,16-17,24H,4-9,12-15,22H2,1-3H3. The van der Waals surface area contributed by atoms with Gasteiger partial charge in [-0.25, -0.2) is 0 Å². The van der Waals surface area contributed by atoms with E-state index in [9.17, 15) is 9.90 Å². The lowest BCUT2D eigenvalue weighted by Crippen LogP contribution is -2.40. The largest absolute Gasteiger partial charge is 0.394 e. The third kappa shape index (κ3) is 5.68. The molecule has 0 spiro atoms. The molecule has 1 aliphatic carbocycles. The fraction of sp³-hybridized carbons (Fsp3) is 0.762. The molecule has 0 aliphatic heterocycles. The monoisotopic (exact) mass is 348 g/mol. The van der Waals surface area contributed by atoms with Crippen LogP contribution in [-0.4, -0.2) is 27.6 Å². The van der Waals surface area contributed by atoms with E-state index in [2.05, 4.69) is 6.92 Å². The predicted octanol–water partition coefficient (Wildman–Crippen LogP) is 3.85. The Bertz CT molecular complexity index is 556. The van der Waals surface area contributed by atoms with Crippen LogP contribution in [0.15, 0.2) is 12.1 Å². The predicted molar refractivity (Wildman–Crippen MR) is 103 cm³/mol. The second kappa shape index (κ2) is 9.00. The number of aromatic nitrogens is 1. The molecule has 1 aromatic rings. The van der Waals surface area contributed by atoms with Crippen molar-refractivity contribution >= 4 is 5.78 Å². The molecule has 1 heterocycles. The minimum atomic E-state index is -0.566. The van der Waals surface area contributed by atoms with E-state index in [1.807, 2.05) is 30.7 Å². The SMILES string of the molecule is CC(CCC(=O)c1ccc(CCC(C)(N)CO)n1C)C1CCCCC1. The lowest BCUT2D eigenvalue weighted by atomic mass is 9.79. The second-order valence-electron chi connectivity index (χ2n) is 8.42. The van der Waals surface area contributed by atoms with Crippen molar-refractivity contribution in [3.8, 4) is 0 Å². The molecule has 0 aromatic carbocycles. The summed E-state index contributed by atoms with van der Waals surface area (Å²) in [6, 6.07) is 3.96. The van der Waals surface area contributed by atoms with Gasteiger partial charge in [-0.3, -0.25) is 4.79 Å². The first-order valence-corrected chi connectivity index (χ1v) is 9.91. The van der Waals surface area contributed by atoms with E-state index in [1.165, 1.54) is 32.1 Å². The number of Topliss-reactive ketones (excluding diaryl/α,β-unsaturated/α-hetero) is 1. The van der Waals surface area contributed by atoms with Gasteiger partial charge in [0.1, 0.15) is 0 Å². The maximum atomic E-state index is 12.6. The Balaban J connectivity index is 1.87. The van der Waals surface area contributed by atoms with Gasteiger partial charge in [-0.1, -0.05) is 39.0 Å². The van der Waals surface area contributed by atoms with Crippen LogP contribution in [0.5, 0.6) is 0 Å². The number of aliphatic hydroxyl groups is 1. The number of nitrogens with zero attached hydrogens (tertiary/aromatic N) is 1. The lowest BCUT2D eigenvalue weighted by Gasteiger charge is -2.27. The molecular weight excluding hydrogens is 312 g/mol. The lowest BCUT2D eigenvalue weighted by molar-refractivity contribution is 0.0958. The zero-order valence-electron chi connectivity index (χ0n) is 16.3. The summed E-state index contributed by atoms with van der Waals surface area (Å²) < 4.78 is 2.00. The molecule has 1 aliphatic rings. The van der Waals surface area contributed by atoms with Crippen molar-refractivity contribution in [2.45, 2.75) is 77.2 Å². The van der Waals surface area contributed by atoms with Crippen molar-refractivity contribution in [3.05, 3.63) is 23.5 Å². The summed E-state index contributed by atoms with van der Waals surface area (Å²) in [7, 11) is 1.96. The topological polar surface area (TPSA) is 68.2 Å². The fourth-order valence-electron chi connectivity index (χ4n) is 4.00. The van der Waals surface area contributed by atoms with E-state index in [1.54, 1.807) is 0 Å². The number of carbonyl (C=O) groups excluding carboxylic acids is 1. The minimum absolute atomic E-state index is 0.0255. The third-order valence-electron chi connectivity index (χ3n) is 6.11. The first-order chi connectivity index (χ1) is 11.8. The van der Waals surface area contributed by atoms with Crippen molar-refractivity contribution in [1.29, 1.82) is 0 Å². The van der Waals surface area contributed by atoms with Crippen molar-refractivity contribution in [3.63, 3.8) is 0 Å². The highest BCUT2D eigenvalue weighted by Gasteiger charge is 2.22. The van der Waals surface area contributed by atoms with Crippen LogP contribution in [-0.2, 0) is 13.5 Å². The molecule has 25 heavy (non-hydrogen) atoms. The van der Waals surface area contributed by atoms with Gasteiger partial charge in [-0.05, 0) is 50.2 Å². The summed E-state index contributed by atoms with van der Waals surface area (Å²) in [6.07, 6.45) is 9.89. The van der Waals surface area contributed by atoms with Gasteiger partial charge in [0.2, 0.25) is 0 Å². The molecule has 142 valence electrons. The average molecular weight is 349 g/mol. The van der Waals surface area contributed by atoms with Gasteiger partial charge >= 0.3 is 0 Å². The number of hydrogen-bond donors (Lipinski definition) is 2. The van der Waals surface area contributed by atoms with E-state index in [-0.39, 0.29) is 12.4 Å². The van der Waals surface area contributed by atoms with Gasteiger partial charge in [-0.15, -0.1) is 0 Å². The first-order valence-electron chi connectivity index (χ1n) is 9.91.